The van der Waals surface area contributed by atoms with Crippen molar-refractivity contribution in [1.29, 1.82) is 0 Å². The van der Waals surface area contributed by atoms with E-state index in [1.54, 1.807) is 0 Å². The lowest BCUT2D eigenvalue weighted by atomic mass is 9.58. The molecule has 3 aromatic rings. The lowest BCUT2D eigenvalue weighted by Crippen LogP contribution is -2.54. The molecule has 0 aliphatic heterocycles. The maximum Gasteiger partial charge on any atom is 0.324 e. The summed E-state index contributed by atoms with van der Waals surface area (Å²) in [6.07, 6.45) is 0.827. The minimum absolute atomic E-state index is 0.0428. The van der Waals surface area contributed by atoms with Crippen LogP contribution >= 0.6 is 0 Å². The Morgan fingerprint density at radius 3 is 2.21 bits per heavy atom. The molecule has 1 unspecified atom stereocenters. The number of methoxy groups -OCH3 is 2. The van der Waals surface area contributed by atoms with E-state index in [0.29, 0.717) is 12.8 Å². The van der Waals surface area contributed by atoms with Crippen molar-refractivity contribution in [2.45, 2.75) is 25.9 Å². The molecule has 1 saturated carbocycles. The van der Waals surface area contributed by atoms with Gasteiger partial charge in [-0.3, -0.25) is 14.4 Å². The molecule has 0 bridgehead atoms. The zero-order chi connectivity index (χ0) is 24.1. The number of rotatable bonds is 8. The molecule has 0 aromatic heterocycles. The summed E-state index contributed by atoms with van der Waals surface area (Å²) >= 11 is 0. The highest BCUT2D eigenvalue weighted by atomic mass is 16.6. The van der Waals surface area contributed by atoms with Crippen LogP contribution in [0.25, 0.3) is 10.8 Å². The molecule has 0 heterocycles. The maximum absolute atomic E-state index is 13.7. The third-order valence-electron chi connectivity index (χ3n) is 6.85. The fraction of sp³-hybridized carbons (Fsp3) is 0.321. The van der Waals surface area contributed by atoms with Crippen LogP contribution in [0.3, 0.4) is 0 Å². The number of benzene rings is 3. The quantitative estimate of drug-likeness (QED) is 0.280. The number of hydrogen-bond acceptors (Lipinski definition) is 6. The molecule has 1 atom stereocenters. The van der Waals surface area contributed by atoms with E-state index in [4.69, 9.17) is 14.2 Å². The summed E-state index contributed by atoms with van der Waals surface area (Å²) in [5.74, 6) is -2.38. The van der Waals surface area contributed by atoms with E-state index in [2.05, 4.69) is 0 Å². The first-order chi connectivity index (χ1) is 16.5. The fourth-order valence-corrected chi connectivity index (χ4v) is 4.87. The zero-order valence-electron chi connectivity index (χ0n) is 19.4. The van der Waals surface area contributed by atoms with Crippen LogP contribution in [0.15, 0.2) is 72.8 Å². The van der Waals surface area contributed by atoms with Crippen LogP contribution in [-0.4, -0.2) is 32.1 Å². The normalized spacial score (nSPS) is 18.9. The number of esters is 3. The molecule has 0 saturated heterocycles. The minimum atomic E-state index is -1.57. The van der Waals surface area contributed by atoms with Crippen molar-refractivity contribution in [1.82, 2.24) is 0 Å². The minimum Gasteiger partial charge on any atom is -0.469 e. The molecule has 34 heavy (non-hydrogen) atoms. The van der Waals surface area contributed by atoms with E-state index in [0.717, 1.165) is 21.9 Å². The van der Waals surface area contributed by atoms with Gasteiger partial charge in [0.15, 0.2) is 5.41 Å². The summed E-state index contributed by atoms with van der Waals surface area (Å²) in [7, 11) is 2.62. The van der Waals surface area contributed by atoms with E-state index in [1.807, 2.05) is 72.8 Å². The lowest BCUT2D eigenvalue weighted by molar-refractivity contribution is -0.184. The van der Waals surface area contributed by atoms with E-state index in [-0.39, 0.29) is 24.9 Å². The van der Waals surface area contributed by atoms with Crippen molar-refractivity contribution in [3.8, 4) is 0 Å². The van der Waals surface area contributed by atoms with Crippen LogP contribution < -0.4 is 0 Å². The molecule has 1 aliphatic carbocycles. The van der Waals surface area contributed by atoms with Gasteiger partial charge in [-0.05, 0) is 40.7 Å². The van der Waals surface area contributed by atoms with E-state index >= 15 is 0 Å². The third-order valence-corrected chi connectivity index (χ3v) is 6.85. The van der Waals surface area contributed by atoms with E-state index < -0.39 is 23.3 Å². The van der Waals surface area contributed by atoms with Crippen molar-refractivity contribution < 1.29 is 28.6 Å². The van der Waals surface area contributed by atoms with Gasteiger partial charge < -0.3 is 14.2 Å². The molecule has 0 spiro atoms. The lowest BCUT2D eigenvalue weighted by Gasteiger charge is -2.44. The predicted molar refractivity (Wildman–Crippen MR) is 127 cm³/mol. The monoisotopic (exact) mass is 460 g/mol. The topological polar surface area (TPSA) is 78.9 Å². The summed E-state index contributed by atoms with van der Waals surface area (Å²) < 4.78 is 15.8. The van der Waals surface area contributed by atoms with Crippen LogP contribution in [0.5, 0.6) is 0 Å². The second kappa shape index (κ2) is 10.1. The highest BCUT2D eigenvalue weighted by Crippen LogP contribution is 2.50. The Labute approximate surface area is 198 Å². The molecule has 1 fully saturated rings. The van der Waals surface area contributed by atoms with Gasteiger partial charge in [-0.25, -0.2) is 0 Å². The number of fused-ring (bicyclic) bond motifs is 1. The Kier molecular flexibility index (Phi) is 6.96. The first-order valence-corrected chi connectivity index (χ1v) is 11.3. The first-order valence-electron chi connectivity index (χ1n) is 11.3. The Balaban J connectivity index is 1.72. The Morgan fingerprint density at radius 1 is 0.824 bits per heavy atom. The van der Waals surface area contributed by atoms with Gasteiger partial charge in [-0.1, -0.05) is 72.8 Å². The number of ether oxygens (including phenoxy) is 3. The smallest absolute Gasteiger partial charge is 0.324 e. The summed E-state index contributed by atoms with van der Waals surface area (Å²) in [6, 6.07) is 23.0. The largest absolute Gasteiger partial charge is 0.469 e. The van der Waals surface area contributed by atoms with Gasteiger partial charge in [0.25, 0.3) is 0 Å². The average molecular weight is 461 g/mol. The molecule has 6 heteroatoms. The predicted octanol–water partition coefficient (Wildman–Crippen LogP) is 4.48. The third kappa shape index (κ3) is 4.40. The highest BCUT2D eigenvalue weighted by molar-refractivity contribution is 6.02. The van der Waals surface area contributed by atoms with Crippen molar-refractivity contribution in [2.75, 3.05) is 14.2 Å². The van der Waals surface area contributed by atoms with Crippen LogP contribution in [-0.2, 0) is 41.6 Å². The second-order valence-electron chi connectivity index (χ2n) is 8.73. The van der Waals surface area contributed by atoms with Gasteiger partial charge in [-0.15, -0.1) is 0 Å². The van der Waals surface area contributed by atoms with Gasteiger partial charge in [0, 0.05) is 6.42 Å². The number of carbonyl (C=O) groups is 3. The summed E-state index contributed by atoms with van der Waals surface area (Å²) in [6.45, 7) is 0.0428. The molecule has 0 amide bonds. The van der Waals surface area contributed by atoms with E-state index in [1.165, 1.54) is 14.2 Å². The van der Waals surface area contributed by atoms with Crippen molar-refractivity contribution in [2.24, 2.45) is 17.3 Å². The van der Waals surface area contributed by atoms with Crippen molar-refractivity contribution in [3.63, 3.8) is 0 Å². The van der Waals surface area contributed by atoms with Crippen LogP contribution in [0.1, 0.15) is 24.0 Å². The molecule has 3 aromatic carbocycles. The molecule has 0 radical (unpaired) electrons. The molecule has 6 nitrogen and oxygen atoms in total. The molecular weight excluding hydrogens is 432 g/mol. The maximum atomic E-state index is 13.7. The summed E-state index contributed by atoms with van der Waals surface area (Å²) in [5, 5.41) is 1.97. The number of hydrogen-bond donors (Lipinski definition) is 0. The summed E-state index contributed by atoms with van der Waals surface area (Å²) in [4.78, 5) is 39.2. The Morgan fingerprint density at radius 2 is 1.50 bits per heavy atom. The van der Waals surface area contributed by atoms with Crippen molar-refractivity contribution >= 4 is 28.7 Å². The van der Waals surface area contributed by atoms with Gasteiger partial charge in [-0.2, -0.15) is 0 Å². The zero-order valence-corrected chi connectivity index (χ0v) is 19.4. The average Bonchev–Trinajstić information content (AvgIpc) is 2.85. The highest BCUT2D eigenvalue weighted by Gasteiger charge is 2.59. The first kappa shape index (κ1) is 23.5. The Hall–Kier alpha value is -3.67. The Bertz CT molecular complexity index is 1180. The molecule has 176 valence electrons. The van der Waals surface area contributed by atoms with E-state index in [9.17, 15) is 14.4 Å². The van der Waals surface area contributed by atoms with Crippen LogP contribution in [0.4, 0.5) is 0 Å². The standard InChI is InChI=1S/C28H28O6/c1-32-25(29)22-15-23(16-22)28(26(30)33-2,27(31)34-18-19-9-4-3-5-10-19)17-21-13-8-12-20-11-6-7-14-24(20)21/h3-14,22-23H,15-18H2,1-2H3/t22-,23+,28?. The SMILES string of the molecule is COC(=O)C(Cc1cccc2ccccc12)(C(=O)OCc1ccccc1)[C@H]1C[C@@H](C(=O)OC)C1. The molecule has 0 N–H and O–H groups in total. The fourth-order valence-electron chi connectivity index (χ4n) is 4.87. The van der Waals surface area contributed by atoms with Gasteiger partial charge in [0.05, 0.1) is 20.1 Å². The van der Waals surface area contributed by atoms with Gasteiger partial charge in [0.2, 0.25) is 0 Å². The van der Waals surface area contributed by atoms with Gasteiger partial charge in [0.1, 0.15) is 6.61 Å². The van der Waals surface area contributed by atoms with Crippen LogP contribution in [0, 0.1) is 17.3 Å². The molecule has 1 aliphatic rings. The number of carbonyl (C=O) groups excluding carboxylic acids is 3. The van der Waals surface area contributed by atoms with Crippen molar-refractivity contribution in [3.05, 3.63) is 83.9 Å². The summed E-state index contributed by atoms with van der Waals surface area (Å²) in [5.41, 5.74) is 0.0977. The molecule has 4 rings (SSSR count). The van der Waals surface area contributed by atoms with Crippen LogP contribution in [0.2, 0.25) is 0 Å². The second-order valence-corrected chi connectivity index (χ2v) is 8.73. The molecular formula is C28H28O6. The van der Waals surface area contributed by atoms with Gasteiger partial charge >= 0.3 is 17.9 Å².